The van der Waals surface area contributed by atoms with E-state index >= 15 is 0 Å². The Labute approximate surface area is 207 Å². The highest BCUT2D eigenvalue weighted by Crippen LogP contribution is 2.34. The smallest absolute Gasteiger partial charge is 0.163 e. The molecule has 1 aromatic heterocycles. The number of nitrogens with one attached hydrogen (secondary N) is 1. The Morgan fingerprint density at radius 2 is 1.89 bits per heavy atom. The number of fused-ring (bicyclic) bond motifs is 1. The molecule has 0 saturated carbocycles. The molecule has 1 aliphatic heterocycles. The average Bonchev–Trinajstić information content (AvgIpc) is 3.11. The Hall–Kier alpha value is -3.07. The van der Waals surface area contributed by atoms with Gasteiger partial charge in [0.1, 0.15) is 11.5 Å². The van der Waals surface area contributed by atoms with Crippen molar-refractivity contribution in [1.29, 1.82) is 0 Å². The van der Waals surface area contributed by atoms with Gasteiger partial charge in [-0.25, -0.2) is 17.5 Å². The molecule has 1 N–H and O–H groups in total. The standard InChI is InChI=1S/C26H23ClFN3O3S/c27-23-4-2-1-3-21(23)26-22-10-5-18(25(32)13-17-15-29-11-12-35(33,34)16-17)14-24(22)31(30-26)20-8-6-19(28)7-9-20/h1-10,14,17,29H,11-13,15-16H2. The summed E-state index contributed by atoms with van der Waals surface area (Å²) in [6, 6.07) is 18.6. The van der Waals surface area contributed by atoms with Gasteiger partial charge in [0.05, 0.1) is 27.7 Å². The molecule has 1 atom stereocenters. The van der Waals surface area contributed by atoms with E-state index in [0.29, 0.717) is 40.6 Å². The molecule has 6 nitrogen and oxygen atoms in total. The van der Waals surface area contributed by atoms with Crippen molar-refractivity contribution >= 4 is 38.1 Å². The van der Waals surface area contributed by atoms with E-state index in [4.69, 9.17) is 16.7 Å². The molecule has 35 heavy (non-hydrogen) atoms. The molecule has 0 radical (unpaired) electrons. The van der Waals surface area contributed by atoms with Gasteiger partial charge in [0, 0.05) is 29.5 Å². The lowest BCUT2D eigenvalue weighted by atomic mass is 9.98. The highest BCUT2D eigenvalue weighted by Gasteiger charge is 2.25. The van der Waals surface area contributed by atoms with Gasteiger partial charge in [0.15, 0.2) is 15.6 Å². The first-order valence-corrected chi connectivity index (χ1v) is 13.5. The number of hydrogen-bond donors (Lipinski definition) is 1. The molecule has 3 aromatic carbocycles. The first kappa shape index (κ1) is 23.7. The Morgan fingerprint density at radius 3 is 2.66 bits per heavy atom. The number of carbonyl (C=O) groups excluding carboxylic acids is 1. The van der Waals surface area contributed by atoms with Crippen LogP contribution in [0.4, 0.5) is 4.39 Å². The zero-order valence-electron chi connectivity index (χ0n) is 18.7. The summed E-state index contributed by atoms with van der Waals surface area (Å²) in [6.07, 6.45) is 0.125. The summed E-state index contributed by atoms with van der Waals surface area (Å²) in [5, 5.41) is 9.22. The zero-order chi connectivity index (χ0) is 24.6. The van der Waals surface area contributed by atoms with E-state index in [9.17, 15) is 17.6 Å². The van der Waals surface area contributed by atoms with E-state index in [0.717, 1.165) is 10.9 Å². The first-order valence-electron chi connectivity index (χ1n) is 11.3. The number of Topliss-reactive ketones (excluding diaryl/α,β-unsaturated/α-hetero) is 1. The Balaban J connectivity index is 1.57. The normalized spacial score (nSPS) is 17.8. The topological polar surface area (TPSA) is 81.1 Å². The van der Waals surface area contributed by atoms with Crippen molar-refractivity contribution in [3.05, 3.63) is 83.1 Å². The molecule has 1 unspecified atom stereocenters. The van der Waals surface area contributed by atoms with Gasteiger partial charge in [-0.3, -0.25) is 4.79 Å². The molecule has 4 aromatic rings. The number of hydrogen-bond acceptors (Lipinski definition) is 5. The number of benzene rings is 3. The minimum atomic E-state index is -3.18. The molecule has 2 heterocycles. The van der Waals surface area contributed by atoms with Crippen molar-refractivity contribution in [1.82, 2.24) is 15.1 Å². The first-order chi connectivity index (χ1) is 16.8. The number of rotatable bonds is 5. The fourth-order valence-corrected chi connectivity index (χ4v) is 6.27. The predicted molar refractivity (Wildman–Crippen MR) is 135 cm³/mol. The molecule has 5 rings (SSSR count). The van der Waals surface area contributed by atoms with Crippen molar-refractivity contribution in [3.8, 4) is 16.9 Å². The van der Waals surface area contributed by atoms with Crippen LogP contribution in [0.25, 0.3) is 27.8 Å². The molecular weight excluding hydrogens is 489 g/mol. The summed E-state index contributed by atoms with van der Waals surface area (Å²) < 4.78 is 39.6. The van der Waals surface area contributed by atoms with E-state index in [-0.39, 0.29) is 35.4 Å². The van der Waals surface area contributed by atoms with Crippen LogP contribution in [0.3, 0.4) is 0 Å². The van der Waals surface area contributed by atoms with Gasteiger partial charge in [0.25, 0.3) is 0 Å². The molecule has 0 aliphatic carbocycles. The fraction of sp³-hybridized carbons (Fsp3) is 0.231. The number of halogens is 2. The zero-order valence-corrected chi connectivity index (χ0v) is 20.3. The van der Waals surface area contributed by atoms with E-state index in [1.165, 1.54) is 12.1 Å². The number of sulfone groups is 1. The van der Waals surface area contributed by atoms with Gasteiger partial charge >= 0.3 is 0 Å². The van der Waals surface area contributed by atoms with Crippen molar-refractivity contribution in [2.45, 2.75) is 6.42 Å². The molecule has 180 valence electrons. The Morgan fingerprint density at radius 1 is 1.11 bits per heavy atom. The molecule has 1 fully saturated rings. The fourth-order valence-electron chi connectivity index (χ4n) is 4.47. The Kier molecular flexibility index (Phi) is 6.44. The maximum atomic E-state index is 13.6. The molecule has 0 amide bonds. The second kappa shape index (κ2) is 9.53. The highest BCUT2D eigenvalue weighted by atomic mass is 35.5. The van der Waals surface area contributed by atoms with E-state index in [2.05, 4.69) is 5.32 Å². The second-order valence-corrected chi connectivity index (χ2v) is 11.4. The van der Waals surface area contributed by atoms with Crippen molar-refractivity contribution in [2.75, 3.05) is 24.6 Å². The lowest BCUT2D eigenvalue weighted by Crippen LogP contribution is -2.25. The third-order valence-electron chi connectivity index (χ3n) is 6.19. The number of ketones is 1. The molecule has 0 spiro atoms. The summed E-state index contributed by atoms with van der Waals surface area (Å²) in [7, 11) is -3.18. The second-order valence-electron chi connectivity index (χ2n) is 8.76. The molecule has 0 bridgehead atoms. The van der Waals surface area contributed by atoms with Gasteiger partial charge in [-0.1, -0.05) is 35.9 Å². The summed E-state index contributed by atoms with van der Waals surface area (Å²) >= 11 is 6.45. The summed E-state index contributed by atoms with van der Waals surface area (Å²) in [5.41, 5.74) is 3.16. The molecule has 1 aliphatic rings. The minimum Gasteiger partial charge on any atom is -0.315 e. The van der Waals surface area contributed by atoms with Crippen LogP contribution < -0.4 is 5.32 Å². The van der Waals surface area contributed by atoms with Gasteiger partial charge in [-0.2, -0.15) is 5.10 Å². The van der Waals surface area contributed by atoms with Crippen LogP contribution >= 0.6 is 11.6 Å². The van der Waals surface area contributed by atoms with Gasteiger partial charge in [0.2, 0.25) is 0 Å². The third kappa shape index (κ3) is 5.00. The largest absolute Gasteiger partial charge is 0.315 e. The maximum absolute atomic E-state index is 13.6. The SMILES string of the molecule is O=C(CC1CNCCS(=O)(=O)C1)c1ccc2c(-c3ccccc3Cl)nn(-c3ccc(F)cc3)c2c1. The predicted octanol–water partition coefficient (Wildman–Crippen LogP) is 4.69. The van der Waals surface area contributed by atoms with Crippen molar-refractivity contribution in [2.24, 2.45) is 5.92 Å². The van der Waals surface area contributed by atoms with Crippen molar-refractivity contribution < 1.29 is 17.6 Å². The number of aromatic nitrogens is 2. The average molecular weight is 512 g/mol. The molecule has 1 saturated heterocycles. The summed E-state index contributed by atoms with van der Waals surface area (Å²) in [6.45, 7) is 0.887. The lowest BCUT2D eigenvalue weighted by molar-refractivity contribution is 0.0965. The monoisotopic (exact) mass is 511 g/mol. The quantitative estimate of drug-likeness (QED) is 0.393. The number of nitrogens with zero attached hydrogens (tertiary/aromatic N) is 2. The molecule has 9 heteroatoms. The third-order valence-corrected chi connectivity index (χ3v) is 8.32. The molecular formula is C26H23ClFN3O3S. The maximum Gasteiger partial charge on any atom is 0.163 e. The van der Waals surface area contributed by atoms with Crippen LogP contribution in [0.15, 0.2) is 66.7 Å². The van der Waals surface area contributed by atoms with E-state index in [1.54, 1.807) is 35.0 Å². The van der Waals surface area contributed by atoms with Crippen LogP contribution in [0, 0.1) is 11.7 Å². The van der Waals surface area contributed by atoms with Gasteiger partial charge in [-0.15, -0.1) is 0 Å². The summed E-state index contributed by atoms with van der Waals surface area (Å²) in [4.78, 5) is 13.2. The summed E-state index contributed by atoms with van der Waals surface area (Å²) in [5.74, 6) is -0.698. The van der Waals surface area contributed by atoms with Crippen LogP contribution in [0.1, 0.15) is 16.8 Å². The van der Waals surface area contributed by atoms with Crippen LogP contribution in [-0.4, -0.2) is 48.6 Å². The van der Waals surface area contributed by atoms with Crippen LogP contribution in [0.5, 0.6) is 0 Å². The Bertz CT molecular complexity index is 1520. The van der Waals surface area contributed by atoms with Crippen LogP contribution in [0.2, 0.25) is 5.02 Å². The van der Waals surface area contributed by atoms with E-state index < -0.39 is 9.84 Å². The van der Waals surface area contributed by atoms with E-state index in [1.807, 2.05) is 24.3 Å². The number of carbonyl (C=O) groups is 1. The van der Waals surface area contributed by atoms with Crippen LogP contribution in [-0.2, 0) is 9.84 Å². The van der Waals surface area contributed by atoms with Gasteiger partial charge < -0.3 is 5.32 Å². The van der Waals surface area contributed by atoms with Gasteiger partial charge in [-0.05, 0) is 54.9 Å². The lowest BCUT2D eigenvalue weighted by Gasteiger charge is -2.13. The minimum absolute atomic E-state index is 0.00183. The van der Waals surface area contributed by atoms with Crippen molar-refractivity contribution in [3.63, 3.8) is 0 Å². The highest BCUT2D eigenvalue weighted by molar-refractivity contribution is 7.91.